The summed E-state index contributed by atoms with van der Waals surface area (Å²) in [4.78, 5) is 12.7. The molecule has 92 valence electrons. The highest BCUT2D eigenvalue weighted by Crippen LogP contribution is 2.28. The van der Waals surface area contributed by atoms with Crippen LogP contribution in [0.25, 0.3) is 0 Å². The molecule has 1 aromatic rings. The predicted molar refractivity (Wildman–Crippen MR) is 62.1 cm³/mol. The fraction of sp³-hybridized carbons (Fsp3) is 0.462. The van der Waals surface area contributed by atoms with E-state index in [2.05, 4.69) is 4.90 Å². The number of rotatable bonds is 6. The van der Waals surface area contributed by atoms with Crippen molar-refractivity contribution in [3.8, 4) is 0 Å². The smallest absolute Gasteiger partial charge is 0.304 e. The van der Waals surface area contributed by atoms with Crippen LogP contribution in [-0.2, 0) is 11.3 Å². The average molecular weight is 237 g/mol. The van der Waals surface area contributed by atoms with Crippen molar-refractivity contribution < 1.29 is 14.3 Å². The van der Waals surface area contributed by atoms with Crippen molar-refractivity contribution >= 4 is 5.97 Å². The van der Waals surface area contributed by atoms with E-state index in [0.717, 1.165) is 18.4 Å². The van der Waals surface area contributed by atoms with Gasteiger partial charge >= 0.3 is 5.97 Å². The van der Waals surface area contributed by atoms with Gasteiger partial charge in [-0.25, -0.2) is 4.39 Å². The first-order valence-corrected chi connectivity index (χ1v) is 5.85. The van der Waals surface area contributed by atoms with Gasteiger partial charge in [0.25, 0.3) is 0 Å². The second-order valence-corrected chi connectivity index (χ2v) is 4.48. The van der Waals surface area contributed by atoms with Crippen LogP contribution in [0.4, 0.5) is 4.39 Å². The molecule has 4 heteroatoms. The minimum absolute atomic E-state index is 0.145. The molecule has 0 amide bonds. The average Bonchev–Trinajstić information content (AvgIpc) is 3.07. The number of benzene rings is 1. The first-order valence-electron chi connectivity index (χ1n) is 5.85. The molecule has 0 bridgehead atoms. The van der Waals surface area contributed by atoms with Crippen LogP contribution in [0.3, 0.4) is 0 Å². The lowest BCUT2D eigenvalue weighted by molar-refractivity contribution is -0.137. The zero-order chi connectivity index (χ0) is 12.3. The number of halogens is 1. The van der Waals surface area contributed by atoms with E-state index in [1.807, 2.05) is 6.07 Å². The van der Waals surface area contributed by atoms with E-state index in [-0.39, 0.29) is 12.2 Å². The fourth-order valence-corrected chi connectivity index (χ4v) is 1.94. The zero-order valence-corrected chi connectivity index (χ0v) is 9.60. The van der Waals surface area contributed by atoms with Gasteiger partial charge in [0.1, 0.15) is 5.82 Å². The molecule has 1 fully saturated rings. The Morgan fingerprint density at radius 2 is 2.24 bits per heavy atom. The molecule has 0 atom stereocenters. The Kier molecular flexibility index (Phi) is 3.74. The molecule has 0 aromatic heterocycles. The monoisotopic (exact) mass is 237 g/mol. The summed E-state index contributed by atoms with van der Waals surface area (Å²) in [5.41, 5.74) is 0.905. The van der Waals surface area contributed by atoms with Crippen LogP contribution in [0.5, 0.6) is 0 Å². The maximum Gasteiger partial charge on any atom is 0.304 e. The quantitative estimate of drug-likeness (QED) is 0.825. The summed E-state index contributed by atoms with van der Waals surface area (Å²) in [5, 5.41) is 8.69. The van der Waals surface area contributed by atoms with Crippen LogP contribution in [0.15, 0.2) is 24.3 Å². The summed E-state index contributed by atoms with van der Waals surface area (Å²) in [6.45, 7) is 1.17. The third-order valence-corrected chi connectivity index (χ3v) is 2.95. The first kappa shape index (κ1) is 12.0. The van der Waals surface area contributed by atoms with E-state index in [4.69, 9.17) is 5.11 Å². The highest BCUT2D eigenvalue weighted by molar-refractivity contribution is 5.66. The zero-order valence-electron chi connectivity index (χ0n) is 9.60. The van der Waals surface area contributed by atoms with Gasteiger partial charge in [0.05, 0.1) is 6.42 Å². The molecule has 1 saturated carbocycles. The van der Waals surface area contributed by atoms with Crippen LogP contribution < -0.4 is 0 Å². The van der Waals surface area contributed by atoms with Gasteiger partial charge in [-0.15, -0.1) is 0 Å². The van der Waals surface area contributed by atoms with Gasteiger partial charge in [-0.2, -0.15) is 0 Å². The van der Waals surface area contributed by atoms with Crippen LogP contribution >= 0.6 is 0 Å². The molecule has 0 heterocycles. The van der Waals surface area contributed by atoms with E-state index in [9.17, 15) is 9.18 Å². The lowest BCUT2D eigenvalue weighted by Gasteiger charge is -2.21. The van der Waals surface area contributed by atoms with E-state index < -0.39 is 5.97 Å². The highest BCUT2D eigenvalue weighted by atomic mass is 19.1. The van der Waals surface area contributed by atoms with E-state index in [0.29, 0.717) is 19.1 Å². The SMILES string of the molecule is O=C(O)CCN(Cc1cccc(F)c1)C1CC1. The number of carbonyl (C=O) groups is 1. The minimum atomic E-state index is -0.783. The Labute approximate surface area is 99.9 Å². The maximum absolute atomic E-state index is 13.0. The molecular weight excluding hydrogens is 221 g/mol. The first-order chi connectivity index (χ1) is 8.15. The van der Waals surface area contributed by atoms with E-state index in [1.165, 1.54) is 12.1 Å². The summed E-state index contributed by atoms with van der Waals surface area (Å²) in [6, 6.07) is 6.97. The Balaban J connectivity index is 1.95. The van der Waals surface area contributed by atoms with Gasteiger partial charge in [-0.05, 0) is 30.5 Å². The molecular formula is C13H16FNO2. The summed E-state index contributed by atoms with van der Waals surface area (Å²) >= 11 is 0. The van der Waals surface area contributed by atoms with Crippen molar-refractivity contribution in [3.05, 3.63) is 35.6 Å². The molecule has 1 aromatic carbocycles. The number of nitrogens with zero attached hydrogens (tertiary/aromatic N) is 1. The Morgan fingerprint density at radius 3 is 2.82 bits per heavy atom. The third kappa shape index (κ3) is 3.82. The van der Waals surface area contributed by atoms with Gasteiger partial charge in [0, 0.05) is 19.1 Å². The van der Waals surface area contributed by atoms with E-state index >= 15 is 0 Å². The molecule has 1 N–H and O–H groups in total. The molecule has 2 rings (SSSR count). The molecule has 0 saturated heterocycles. The number of hydrogen-bond acceptors (Lipinski definition) is 2. The number of aliphatic carboxylic acids is 1. The molecule has 17 heavy (non-hydrogen) atoms. The van der Waals surface area contributed by atoms with Crippen molar-refractivity contribution in [1.82, 2.24) is 4.90 Å². The normalized spacial score (nSPS) is 15.2. The summed E-state index contributed by atoms with van der Waals surface area (Å²) in [6.07, 6.45) is 2.38. The van der Waals surface area contributed by atoms with Crippen LogP contribution in [0, 0.1) is 5.82 Å². The van der Waals surface area contributed by atoms with Crippen LogP contribution in [0.2, 0.25) is 0 Å². The highest BCUT2D eigenvalue weighted by Gasteiger charge is 2.28. The molecule has 0 spiro atoms. The van der Waals surface area contributed by atoms with Crippen LogP contribution in [0.1, 0.15) is 24.8 Å². The Morgan fingerprint density at radius 1 is 1.47 bits per heavy atom. The summed E-state index contributed by atoms with van der Waals surface area (Å²) in [7, 11) is 0. The predicted octanol–water partition coefficient (Wildman–Crippen LogP) is 2.26. The molecule has 0 aliphatic heterocycles. The molecule has 1 aliphatic carbocycles. The van der Waals surface area contributed by atoms with Crippen molar-refractivity contribution in [2.45, 2.75) is 31.8 Å². The van der Waals surface area contributed by atoms with Crippen molar-refractivity contribution in [1.29, 1.82) is 0 Å². The van der Waals surface area contributed by atoms with Crippen LogP contribution in [-0.4, -0.2) is 28.6 Å². The second-order valence-electron chi connectivity index (χ2n) is 4.48. The lowest BCUT2D eigenvalue weighted by atomic mass is 10.2. The van der Waals surface area contributed by atoms with E-state index in [1.54, 1.807) is 6.07 Å². The maximum atomic E-state index is 13.0. The summed E-state index contributed by atoms with van der Waals surface area (Å²) in [5.74, 6) is -1.02. The Bertz CT molecular complexity index is 404. The third-order valence-electron chi connectivity index (χ3n) is 2.95. The summed E-state index contributed by atoms with van der Waals surface area (Å²) < 4.78 is 13.0. The van der Waals surface area contributed by atoms with Crippen molar-refractivity contribution in [3.63, 3.8) is 0 Å². The number of carboxylic acid groups (broad SMARTS) is 1. The number of hydrogen-bond donors (Lipinski definition) is 1. The molecule has 0 radical (unpaired) electrons. The largest absolute Gasteiger partial charge is 0.481 e. The number of carboxylic acids is 1. The van der Waals surface area contributed by atoms with Gasteiger partial charge < -0.3 is 5.11 Å². The van der Waals surface area contributed by atoms with Gasteiger partial charge in [0.15, 0.2) is 0 Å². The second kappa shape index (κ2) is 5.27. The van der Waals surface area contributed by atoms with Crippen molar-refractivity contribution in [2.75, 3.05) is 6.54 Å². The molecule has 0 unspecified atom stereocenters. The minimum Gasteiger partial charge on any atom is -0.481 e. The molecule has 1 aliphatic rings. The Hall–Kier alpha value is -1.42. The van der Waals surface area contributed by atoms with Crippen molar-refractivity contribution in [2.24, 2.45) is 0 Å². The molecule has 3 nitrogen and oxygen atoms in total. The van der Waals surface area contributed by atoms with Gasteiger partial charge in [0.2, 0.25) is 0 Å². The van der Waals surface area contributed by atoms with Gasteiger partial charge in [-0.3, -0.25) is 9.69 Å². The fourth-order valence-electron chi connectivity index (χ4n) is 1.94. The van der Waals surface area contributed by atoms with Gasteiger partial charge in [-0.1, -0.05) is 12.1 Å². The standard InChI is InChI=1S/C13H16FNO2/c14-11-3-1-2-10(8-11)9-15(12-4-5-12)7-6-13(16)17/h1-3,8,12H,4-7,9H2,(H,16,17). The topological polar surface area (TPSA) is 40.5 Å². The lowest BCUT2D eigenvalue weighted by Crippen LogP contribution is -2.28.